The van der Waals surface area contributed by atoms with Gasteiger partial charge in [-0.05, 0) is 38.1 Å². The van der Waals surface area contributed by atoms with E-state index < -0.39 is 17.0 Å². The molecule has 0 bridgehead atoms. The van der Waals surface area contributed by atoms with Gasteiger partial charge < -0.3 is 5.32 Å². The van der Waals surface area contributed by atoms with Crippen molar-refractivity contribution < 1.29 is 4.79 Å². The predicted molar refractivity (Wildman–Crippen MR) is 109 cm³/mol. The number of anilines is 1. The Morgan fingerprint density at radius 2 is 1.89 bits per heavy atom. The number of amides is 1. The molecule has 1 fully saturated rings. The first-order chi connectivity index (χ1) is 13.6. The Bertz CT molecular complexity index is 1110. The van der Waals surface area contributed by atoms with E-state index in [0.29, 0.717) is 10.5 Å². The SMILES string of the molecule is O=C(Cn1[nH]c(=O)c2ccccc2c1=O)Nc1nc(CN2CCCCC2)cs1. The zero-order chi connectivity index (χ0) is 19.5. The molecule has 28 heavy (non-hydrogen) atoms. The number of thiazole rings is 1. The van der Waals surface area contributed by atoms with Gasteiger partial charge in [0.15, 0.2) is 5.13 Å². The number of likely N-dealkylation sites (tertiary alicyclic amines) is 1. The molecule has 0 atom stereocenters. The molecule has 3 heterocycles. The van der Waals surface area contributed by atoms with Crippen LogP contribution in [0.5, 0.6) is 0 Å². The number of aromatic nitrogens is 3. The van der Waals surface area contributed by atoms with E-state index in [9.17, 15) is 14.4 Å². The molecular formula is C19H21N5O3S. The van der Waals surface area contributed by atoms with Crippen molar-refractivity contribution in [3.63, 3.8) is 0 Å². The molecule has 3 aromatic rings. The molecule has 1 saturated heterocycles. The lowest BCUT2D eigenvalue weighted by Gasteiger charge is -2.25. The van der Waals surface area contributed by atoms with E-state index in [1.165, 1.54) is 30.6 Å². The number of carbonyl (C=O) groups is 1. The van der Waals surface area contributed by atoms with Gasteiger partial charge in [0.2, 0.25) is 5.91 Å². The van der Waals surface area contributed by atoms with Gasteiger partial charge in [0, 0.05) is 11.9 Å². The summed E-state index contributed by atoms with van der Waals surface area (Å²) in [5.41, 5.74) is 0.120. The van der Waals surface area contributed by atoms with Crippen molar-refractivity contribution in [2.45, 2.75) is 32.4 Å². The van der Waals surface area contributed by atoms with Crippen LogP contribution in [-0.4, -0.2) is 38.7 Å². The third-order valence-electron chi connectivity index (χ3n) is 4.82. The summed E-state index contributed by atoms with van der Waals surface area (Å²) in [5, 5.41) is 8.20. The van der Waals surface area contributed by atoms with E-state index in [2.05, 4.69) is 20.3 Å². The molecule has 1 aliphatic rings. The summed E-state index contributed by atoms with van der Waals surface area (Å²) in [6.45, 7) is 2.67. The second-order valence-electron chi connectivity index (χ2n) is 6.91. The lowest BCUT2D eigenvalue weighted by atomic mass is 10.1. The van der Waals surface area contributed by atoms with Gasteiger partial charge in [0.05, 0.1) is 16.5 Å². The van der Waals surface area contributed by atoms with Crippen molar-refractivity contribution in [2.24, 2.45) is 0 Å². The van der Waals surface area contributed by atoms with Crippen molar-refractivity contribution >= 4 is 33.1 Å². The van der Waals surface area contributed by atoms with Crippen LogP contribution in [0.4, 0.5) is 5.13 Å². The molecule has 9 heteroatoms. The molecule has 0 spiro atoms. The van der Waals surface area contributed by atoms with E-state index in [0.717, 1.165) is 30.0 Å². The minimum Gasteiger partial charge on any atom is -0.300 e. The monoisotopic (exact) mass is 399 g/mol. The zero-order valence-corrected chi connectivity index (χ0v) is 16.1. The van der Waals surface area contributed by atoms with Crippen LogP contribution in [0.3, 0.4) is 0 Å². The molecule has 0 radical (unpaired) electrons. The highest BCUT2D eigenvalue weighted by atomic mass is 32.1. The van der Waals surface area contributed by atoms with Gasteiger partial charge in [-0.25, -0.2) is 9.67 Å². The van der Waals surface area contributed by atoms with Crippen LogP contribution in [0.15, 0.2) is 39.2 Å². The number of aromatic amines is 1. The Kier molecular flexibility index (Phi) is 5.36. The number of nitrogens with zero attached hydrogens (tertiary/aromatic N) is 3. The molecule has 2 aromatic heterocycles. The molecule has 1 aliphatic heterocycles. The van der Waals surface area contributed by atoms with Crippen LogP contribution in [-0.2, 0) is 17.9 Å². The van der Waals surface area contributed by atoms with Crippen molar-refractivity contribution in [2.75, 3.05) is 18.4 Å². The Labute approximate surface area is 164 Å². The molecular weight excluding hydrogens is 378 g/mol. The molecule has 0 unspecified atom stereocenters. The van der Waals surface area contributed by atoms with E-state index in [1.807, 2.05) is 5.38 Å². The van der Waals surface area contributed by atoms with Crippen molar-refractivity contribution in [3.05, 3.63) is 56.0 Å². The number of carbonyl (C=O) groups excluding carboxylic acids is 1. The highest BCUT2D eigenvalue weighted by molar-refractivity contribution is 7.13. The fourth-order valence-corrected chi connectivity index (χ4v) is 4.16. The van der Waals surface area contributed by atoms with Gasteiger partial charge in [0.25, 0.3) is 11.1 Å². The smallest absolute Gasteiger partial charge is 0.273 e. The second kappa shape index (κ2) is 8.07. The molecule has 146 valence electrons. The highest BCUT2D eigenvalue weighted by Crippen LogP contribution is 2.18. The van der Waals surface area contributed by atoms with Crippen molar-refractivity contribution in [1.29, 1.82) is 0 Å². The molecule has 1 aromatic carbocycles. The van der Waals surface area contributed by atoms with Gasteiger partial charge in [-0.15, -0.1) is 11.3 Å². The summed E-state index contributed by atoms with van der Waals surface area (Å²) in [6.07, 6.45) is 3.71. The largest absolute Gasteiger partial charge is 0.300 e. The molecule has 0 saturated carbocycles. The lowest BCUT2D eigenvalue weighted by Crippen LogP contribution is -2.34. The lowest BCUT2D eigenvalue weighted by molar-refractivity contribution is -0.117. The molecule has 0 aliphatic carbocycles. The van der Waals surface area contributed by atoms with Crippen LogP contribution >= 0.6 is 11.3 Å². The minimum atomic E-state index is -0.410. The standard InChI is InChI=1S/C19H21N5O3S/c25-16(11-24-18(27)15-7-3-2-6-14(15)17(26)22-24)21-19-20-13(12-28-19)10-23-8-4-1-5-9-23/h2-3,6-7,12H,1,4-5,8-11H2,(H,22,26)(H,20,21,25). The van der Waals surface area contributed by atoms with E-state index in [-0.39, 0.29) is 11.9 Å². The highest BCUT2D eigenvalue weighted by Gasteiger charge is 2.14. The number of piperidine rings is 1. The number of hydrogen-bond donors (Lipinski definition) is 2. The Morgan fingerprint density at radius 3 is 2.68 bits per heavy atom. The van der Waals surface area contributed by atoms with Crippen LogP contribution in [0, 0.1) is 0 Å². The van der Waals surface area contributed by atoms with Crippen LogP contribution in [0.25, 0.3) is 10.8 Å². The Hall–Kier alpha value is -2.78. The fourth-order valence-electron chi connectivity index (χ4n) is 3.44. The van der Waals surface area contributed by atoms with E-state index in [4.69, 9.17) is 0 Å². The number of benzene rings is 1. The molecule has 2 N–H and O–H groups in total. The number of H-pyrrole nitrogens is 1. The topological polar surface area (TPSA) is 100 Å². The summed E-state index contributed by atoms with van der Waals surface area (Å²) in [4.78, 5) is 43.8. The summed E-state index contributed by atoms with van der Waals surface area (Å²) >= 11 is 1.36. The third-order valence-corrected chi connectivity index (χ3v) is 5.62. The van der Waals surface area contributed by atoms with E-state index in [1.54, 1.807) is 24.3 Å². The first kappa shape index (κ1) is 18.6. The van der Waals surface area contributed by atoms with Gasteiger partial charge in [-0.2, -0.15) is 0 Å². The number of nitrogens with one attached hydrogen (secondary N) is 2. The first-order valence-electron chi connectivity index (χ1n) is 9.28. The first-order valence-corrected chi connectivity index (χ1v) is 10.2. The van der Waals surface area contributed by atoms with Crippen LogP contribution in [0.2, 0.25) is 0 Å². The zero-order valence-electron chi connectivity index (χ0n) is 15.3. The third kappa shape index (κ3) is 4.05. The quantitative estimate of drug-likeness (QED) is 0.681. The van der Waals surface area contributed by atoms with Gasteiger partial charge in [-0.3, -0.25) is 24.4 Å². The average Bonchev–Trinajstić information content (AvgIpc) is 3.13. The number of fused-ring (bicyclic) bond motifs is 1. The van der Waals surface area contributed by atoms with Crippen molar-refractivity contribution in [1.82, 2.24) is 19.7 Å². The summed E-state index contributed by atoms with van der Waals surface area (Å²) < 4.78 is 1.03. The minimum absolute atomic E-state index is 0.278. The number of rotatable bonds is 5. The summed E-state index contributed by atoms with van der Waals surface area (Å²) in [7, 11) is 0. The maximum Gasteiger partial charge on any atom is 0.273 e. The van der Waals surface area contributed by atoms with Crippen LogP contribution in [0.1, 0.15) is 25.0 Å². The average molecular weight is 399 g/mol. The fraction of sp³-hybridized carbons (Fsp3) is 0.368. The van der Waals surface area contributed by atoms with Gasteiger partial charge in [0.1, 0.15) is 6.54 Å². The molecule has 8 nitrogen and oxygen atoms in total. The second-order valence-corrected chi connectivity index (χ2v) is 7.76. The normalized spacial score (nSPS) is 15.0. The van der Waals surface area contributed by atoms with Gasteiger partial charge >= 0.3 is 0 Å². The Morgan fingerprint density at radius 1 is 1.14 bits per heavy atom. The predicted octanol–water partition coefficient (Wildman–Crippen LogP) is 1.77. The van der Waals surface area contributed by atoms with Crippen LogP contribution < -0.4 is 16.4 Å². The van der Waals surface area contributed by atoms with Crippen molar-refractivity contribution in [3.8, 4) is 0 Å². The number of hydrogen-bond acceptors (Lipinski definition) is 6. The summed E-state index contributed by atoms with van der Waals surface area (Å²) in [5.74, 6) is -0.410. The maximum atomic E-state index is 12.5. The van der Waals surface area contributed by atoms with E-state index >= 15 is 0 Å². The molecule has 4 rings (SSSR count). The maximum absolute atomic E-state index is 12.5. The molecule has 1 amide bonds. The Balaban J connectivity index is 1.44. The summed E-state index contributed by atoms with van der Waals surface area (Å²) in [6, 6.07) is 6.54. The van der Waals surface area contributed by atoms with Gasteiger partial charge in [-0.1, -0.05) is 18.6 Å².